The largest absolute Gasteiger partial charge is 0.494 e. The number of piperidine rings is 2. The van der Waals surface area contributed by atoms with Crippen LogP contribution < -0.4 is 9.64 Å². The molecule has 1 aromatic rings. The Hall–Kier alpha value is -1.92. The van der Waals surface area contributed by atoms with E-state index in [1.54, 1.807) is 12.1 Å². The molecule has 0 saturated carbocycles. The summed E-state index contributed by atoms with van der Waals surface area (Å²) >= 11 is 0. The van der Waals surface area contributed by atoms with Crippen molar-refractivity contribution in [2.45, 2.75) is 58.4 Å². The number of hydrogen-bond donors (Lipinski definition) is 0. The summed E-state index contributed by atoms with van der Waals surface area (Å²) in [4.78, 5) is 32.0. The quantitative estimate of drug-likeness (QED) is 0.623. The Balaban J connectivity index is 1.27. The van der Waals surface area contributed by atoms with Crippen LogP contribution in [0.1, 0.15) is 52.4 Å². The number of anilines is 1. The van der Waals surface area contributed by atoms with Crippen LogP contribution in [0.25, 0.3) is 0 Å². The highest BCUT2D eigenvalue weighted by Crippen LogP contribution is 2.30. The monoisotopic (exact) mass is 427 g/mol. The Labute approximate surface area is 186 Å². The van der Waals surface area contributed by atoms with Crippen molar-refractivity contribution in [3.05, 3.63) is 24.3 Å². The molecule has 1 aromatic carbocycles. The van der Waals surface area contributed by atoms with Crippen molar-refractivity contribution in [2.24, 2.45) is 11.8 Å². The Bertz CT molecular complexity index is 750. The van der Waals surface area contributed by atoms with Gasteiger partial charge in [0, 0.05) is 0 Å². The third-order valence-corrected chi connectivity index (χ3v) is 7.35. The van der Waals surface area contributed by atoms with Crippen molar-refractivity contribution in [3.63, 3.8) is 0 Å². The van der Waals surface area contributed by atoms with Gasteiger partial charge in [-0.3, -0.25) is 14.5 Å². The molecule has 4 rings (SSSR count). The maximum atomic E-state index is 13.1. The zero-order chi connectivity index (χ0) is 21.8. The van der Waals surface area contributed by atoms with Crippen molar-refractivity contribution in [2.75, 3.05) is 44.2 Å². The molecule has 1 atom stereocenters. The summed E-state index contributed by atoms with van der Waals surface area (Å²) < 4.78 is 5.47. The van der Waals surface area contributed by atoms with Gasteiger partial charge in [0.15, 0.2) is 0 Å². The molecule has 31 heavy (non-hydrogen) atoms. The number of benzene rings is 1. The lowest BCUT2D eigenvalue weighted by atomic mass is 9.91. The van der Waals surface area contributed by atoms with Gasteiger partial charge in [-0.15, -0.1) is 0 Å². The lowest BCUT2D eigenvalue weighted by Crippen LogP contribution is -2.46. The molecule has 0 spiro atoms. The maximum Gasteiger partial charge on any atom is 0.251 e. The fourth-order valence-corrected chi connectivity index (χ4v) is 5.23. The van der Waals surface area contributed by atoms with E-state index in [-0.39, 0.29) is 17.9 Å². The number of hydrogen-bond acceptors (Lipinski definition) is 5. The Morgan fingerprint density at radius 2 is 1.65 bits per heavy atom. The second-order valence-corrected chi connectivity index (χ2v) is 9.51. The van der Waals surface area contributed by atoms with Crippen LogP contribution in [0.15, 0.2) is 24.3 Å². The summed E-state index contributed by atoms with van der Waals surface area (Å²) in [6.07, 6.45) is 6.49. The van der Waals surface area contributed by atoms with E-state index < -0.39 is 0 Å². The topological polar surface area (TPSA) is 53.1 Å². The molecule has 3 saturated heterocycles. The zero-order valence-corrected chi connectivity index (χ0v) is 19.1. The second-order valence-electron chi connectivity index (χ2n) is 9.51. The van der Waals surface area contributed by atoms with Crippen LogP contribution in [0, 0.1) is 11.8 Å². The van der Waals surface area contributed by atoms with Crippen molar-refractivity contribution < 1.29 is 14.3 Å². The van der Waals surface area contributed by atoms with E-state index in [4.69, 9.17) is 4.74 Å². The minimum Gasteiger partial charge on any atom is -0.494 e. The minimum absolute atomic E-state index is 0.0740. The molecular weight excluding hydrogens is 390 g/mol. The normalized spacial score (nSPS) is 24.8. The average Bonchev–Trinajstić information content (AvgIpc) is 3.08. The zero-order valence-electron chi connectivity index (χ0n) is 19.1. The van der Waals surface area contributed by atoms with Gasteiger partial charge >= 0.3 is 0 Å². The third kappa shape index (κ3) is 5.29. The standard InChI is InChI=1S/C25H37N3O3/c1-3-31-22-6-4-21(5-7-22)28-24(29)18-23(25(28)30)27-16-11-20(12-17-27)10-15-26-13-8-19(2)9-14-26/h4-7,19-20,23H,3,8-18H2,1-2H3. The fraction of sp³-hybridized carbons (Fsp3) is 0.680. The lowest BCUT2D eigenvalue weighted by molar-refractivity contribution is -0.123. The first-order valence-electron chi connectivity index (χ1n) is 12.1. The predicted molar refractivity (Wildman–Crippen MR) is 122 cm³/mol. The van der Waals surface area contributed by atoms with E-state index in [0.29, 0.717) is 18.7 Å². The number of imide groups is 1. The van der Waals surface area contributed by atoms with Crippen molar-refractivity contribution in [1.82, 2.24) is 9.80 Å². The highest BCUT2D eigenvalue weighted by molar-refractivity contribution is 6.22. The molecule has 3 aliphatic rings. The molecule has 0 bridgehead atoms. The third-order valence-electron chi connectivity index (χ3n) is 7.35. The molecule has 0 radical (unpaired) electrons. The van der Waals surface area contributed by atoms with Gasteiger partial charge in [-0.1, -0.05) is 6.92 Å². The molecule has 0 aliphatic carbocycles. The van der Waals surface area contributed by atoms with Gasteiger partial charge in [-0.05, 0) is 108 Å². The molecule has 6 heteroatoms. The summed E-state index contributed by atoms with van der Waals surface area (Å²) in [5.74, 6) is 2.21. The number of nitrogens with zero attached hydrogens (tertiary/aromatic N) is 3. The smallest absolute Gasteiger partial charge is 0.251 e. The summed E-state index contributed by atoms with van der Waals surface area (Å²) in [6.45, 7) is 10.4. The summed E-state index contributed by atoms with van der Waals surface area (Å²) in [5, 5.41) is 0. The summed E-state index contributed by atoms with van der Waals surface area (Å²) in [7, 11) is 0. The molecule has 0 N–H and O–H groups in total. The first-order valence-corrected chi connectivity index (χ1v) is 12.1. The molecular formula is C25H37N3O3. The number of likely N-dealkylation sites (tertiary alicyclic amines) is 2. The van der Waals surface area contributed by atoms with E-state index in [0.717, 1.165) is 43.5 Å². The van der Waals surface area contributed by atoms with Crippen molar-refractivity contribution in [1.29, 1.82) is 0 Å². The molecule has 3 heterocycles. The number of carbonyl (C=O) groups excluding carboxylic acids is 2. The Morgan fingerprint density at radius 1 is 0.968 bits per heavy atom. The molecule has 0 aromatic heterocycles. The summed E-state index contributed by atoms with van der Waals surface area (Å²) in [5.41, 5.74) is 0.645. The van der Waals surface area contributed by atoms with Crippen molar-refractivity contribution in [3.8, 4) is 5.75 Å². The van der Waals surface area contributed by atoms with Gasteiger partial charge < -0.3 is 9.64 Å². The first-order chi connectivity index (χ1) is 15.0. The van der Waals surface area contributed by atoms with Crippen LogP contribution in [0.3, 0.4) is 0 Å². The van der Waals surface area contributed by atoms with E-state index in [1.807, 2.05) is 19.1 Å². The number of ether oxygens (including phenoxy) is 1. The highest BCUT2D eigenvalue weighted by Gasteiger charge is 2.43. The first kappa shape index (κ1) is 22.3. The molecule has 1 unspecified atom stereocenters. The van der Waals surface area contributed by atoms with Gasteiger partial charge in [-0.25, -0.2) is 4.90 Å². The van der Waals surface area contributed by atoms with Crippen LogP contribution >= 0.6 is 0 Å². The summed E-state index contributed by atoms with van der Waals surface area (Å²) in [6, 6.07) is 6.94. The van der Waals surface area contributed by atoms with Gasteiger partial charge in [0.2, 0.25) is 5.91 Å². The fourth-order valence-electron chi connectivity index (χ4n) is 5.23. The van der Waals surface area contributed by atoms with E-state index in [1.165, 1.54) is 43.8 Å². The number of amides is 2. The van der Waals surface area contributed by atoms with Gasteiger partial charge in [0.25, 0.3) is 5.91 Å². The maximum absolute atomic E-state index is 13.1. The average molecular weight is 428 g/mol. The highest BCUT2D eigenvalue weighted by atomic mass is 16.5. The minimum atomic E-state index is -0.302. The van der Waals surface area contributed by atoms with Crippen LogP contribution in [0.5, 0.6) is 5.75 Å². The van der Waals surface area contributed by atoms with E-state index >= 15 is 0 Å². The lowest BCUT2D eigenvalue weighted by Gasteiger charge is -2.36. The number of rotatable bonds is 7. The van der Waals surface area contributed by atoms with Crippen LogP contribution in [-0.2, 0) is 9.59 Å². The predicted octanol–water partition coefficient (Wildman–Crippen LogP) is 3.55. The molecule has 170 valence electrons. The SMILES string of the molecule is CCOc1ccc(N2C(=O)CC(N3CCC(CCN4CCC(C)CC4)CC3)C2=O)cc1. The Morgan fingerprint density at radius 3 is 2.29 bits per heavy atom. The molecule has 3 aliphatic heterocycles. The van der Waals surface area contributed by atoms with Crippen molar-refractivity contribution >= 4 is 17.5 Å². The van der Waals surface area contributed by atoms with Crippen LogP contribution in [0.4, 0.5) is 5.69 Å². The van der Waals surface area contributed by atoms with Gasteiger partial charge in [0.05, 0.1) is 24.8 Å². The van der Waals surface area contributed by atoms with E-state index in [2.05, 4.69) is 16.7 Å². The van der Waals surface area contributed by atoms with E-state index in [9.17, 15) is 9.59 Å². The Kier molecular flexibility index (Phi) is 7.28. The van der Waals surface area contributed by atoms with Gasteiger partial charge in [-0.2, -0.15) is 0 Å². The molecule has 2 amide bonds. The molecule has 6 nitrogen and oxygen atoms in total. The second kappa shape index (κ2) is 10.1. The number of carbonyl (C=O) groups is 2. The van der Waals surface area contributed by atoms with Gasteiger partial charge in [0.1, 0.15) is 5.75 Å². The van der Waals surface area contributed by atoms with Crippen LogP contribution in [-0.4, -0.2) is 67.0 Å². The molecule has 3 fully saturated rings. The van der Waals surface area contributed by atoms with Crippen LogP contribution in [0.2, 0.25) is 0 Å².